The molecule has 1 aliphatic rings. The summed E-state index contributed by atoms with van der Waals surface area (Å²) in [4.78, 5) is 30.3. The summed E-state index contributed by atoms with van der Waals surface area (Å²) in [5, 5.41) is 2.95. The molecule has 0 saturated carbocycles. The summed E-state index contributed by atoms with van der Waals surface area (Å²) >= 11 is 0. The molecule has 0 aliphatic carbocycles. The van der Waals surface area contributed by atoms with E-state index in [1.54, 1.807) is 30.2 Å². The highest BCUT2D eigenvalue weighted by Crippen LogP contribution is 2.32. The molecule has 1 aliphatic heterocycles. The van der Waals surface area contributed by atoms with E-state index in [1.807, 2.05) is 72.8 Å². The van der Waals surface area contributed by atoms with Crippen molar-refractivity contribution in [2.24, 2.45) is 0 Å². The molecule has 0 saturated heterocycles. The molecule has 1 atom stereocenters. The number of carbonyl (C=O) groups excluding carboxylic acids is 2. The number of methoxy groups -OCH3 is 1. The van der Waals surface area contributed by atoms with Crippen LogP contribution >= 0.6 is 0 Å². The van der Waals surface area contributed by atoms with Crippen molar-refractivity contribution in [2.75, 3.05) is 25.5 Å². The Labute approximate surface area is 248 Å². The Morgan fingerprint density at radius 2 is 1.58 bits per heavy atom. The number of carbonyl (C=O) groups is 2. The maximum atomic E-state index is 13.8. The molecule has 1 N–H and O–H groups in total. The predicted octanol–water partition coefficient (Wildman–Crippen LogP) is 7.55. The third-order valence-corrected chi connectivity index (χ3v) is 7.26. The zero-order valence-electron chi connectivity index (χ0n) is 23.4. The van der Waals surface area contributed by atoms with Crippen LogP contribution in [-0.2, 0) is 17.5 Å². The number of nitrogens with one attached hydrogen (secondary N) is 1. The van der Waals surface area contributed by atoms with Gasteiger partial charge in [-0.05, 0) is 47.0 Å². The Balaban J connectivity index is 1.41. The van der Waals surface area contributed by atoms with E-state index < -0.39 is 23.8 Å². The highest BCUT2D eigenvalue weighted by Gasteiger charge is 2.31. The van der Waals surface area contributed by atoms with E-state index in [2.05, 4.69) is 5.32 Å². The van der Waals surface area contributed by atoms with E-state index in [1.165, 1.54) is 17.0 Å². The molecule has 4 aromatic carbocycles. The normalized spacial score (nSPS) is 16.3. The van der Waals surface area contributed by atoms with Crippen LogP contribution in [0.4, 0.5) is 23.7 Å². The van der Waals surface area contributed by atoms with E-state index in [0.29, 0.717) is 17.0 Å². The number of hydrogen-bond acceptors (Lipinski definition) is 3. The summed E-state index contributed by atoms with van der Waals surface area (Å²) in [7, 11) is 1.56. The fourth-order valence-electron chi connectivity index (χ4n) is 4.98. The predicted molar refractivity (Wildman–Crippen MR) is 159 cm³/mol. The van der Waals surface area contributed by atoms with Crippen molar-refractivity contribution < 1.29 is 27.5 Å². The summed E-state index contributed by atoms with van der Waals surface area (Å²) < 4.78 is 44.7. The zero-order chi connectivity index (χ0) is 30.4. The standard InChI is InChI=1S/C34H30F3N3O3/c1-43-28-19-15-26(16-20-28)31-12-7-21-39(23-32(41)40(31)22-24-13-17-27(18-14-24)34(35,36)37)33(42)38-30-11-6-5-10-29(30)25-8-3-2-4-9-25/h2-20,31H,21-23H2,1H3,(H,38,42)/b12-7-. The van der Waals surface area contributed by atoms with Gasteiger partial charge in [0.25, 0.3) is 0 Å². The lowest BCUT2D eigenvalue weighted by Gasteiger charge is -2.34. The van der Waals surface area contributed by atoms with Crippen molar-refractivity contribution >= 4 is 17.6 Å². The molecule has 1 heterocycles. The molecule has 3 amide bonds. The smallest absolute Gasteiger partial charge is 0.416 e. The molecular formula is C34H30F3N3O3. The molecule has 0 fully saturated rings. The zero-order valence-corrected chi connectivity index (χ0v) is 23.4. The second-order valence-corrected chi connectivity index (χ2v) is 10.1. The second kappa shape index (κ2) is 12.9. The largest absolute Gasteiger partial charge is 0.497 e. The molecule has 1 unspecified atom stereocenters. The first kappa shape index (κ1) is 29.4. The topological polar surface area (TPSA) is 61.9 Å². The monoisotopic (exact) mass is 585 g/mol. The number of anilines is 1. The van der Waals surface area contributed by atoms with Gasteiger partial charge in [-0.25, -0.2) is 4.79 Å². The fraction of sp³-hybridized carbons (Fsp3) is 0.176. The maximum absolute atomic E-state index is 13.8. The number of nitrogens with zero attached hydrogens (tertiary/aromatic N) is 2. The van der Waals surface area contributed by atoms with Gasteiger partial charge in [0.2, 0.25) is 5.91 Å². The average Bonchev–Trinajstić information content (AvgIpc) is 3.01. The van der Waals surface area contributed by atoms with E-state index >= 15 is 0 Å². The number of halogens is 3. The van der Waals surface area contributed by atoms with Gasteiger partial charge in [0.05, 0.1) is 24.4 Å². The third-order valence-electron chi connectivity index (χ3n) is 7.26. The number of para-hydroxylation sites is 1. The maximum Gasteiger partial charge on any atom is 0.416 e. The highest BCUT2D eigenvalue weighted by atomic mass is 19.4. The Morgan fingerprint density at radius 1 is 0.907 bits per heavy atom. The number of hydrogen-bond donors (Lipinski definition) is 1. The van der Waals surface area contributed by atoms with Crippen molar-refractivity contribution in [2.45, 2.75) is 18.8 Å². The summed E-state index contributed by atoms with van der Waals surface area (Å²) in [5.41, 5.74) is 2.95. The highest BCUT2D eigenvalue weighted by molar-refractivity contribution is 5.96. The van der Waals surface area contributed by atoms with Crippen LogP contribution in [0.1, 0.15) is 22.7 Å². The van der Waals surface area contributed by atoms with Crippen LogP contribution < -0.4 is 10.1 Å². The van der Waals surface area contributed by atoms with Gasteiger partial charge in [-0.15, -0.1) is 0 Å². The molecule has 220 valence electrons. The van der Waals surface area contributed by atoms with E-state index in [0.717, 1.165) is 28.8 Å². The average molecular weight is 586 g/mol. The third kappa shape index (κ3) is 7.06. The fourth-order valence-corrected chi connectivity index (χ4v) is 4.98. The molecule has 0 radical (unpaired) electrons. The van der Waals surface area contributed by atoms with Crippen LogP contribution in [0.25, 0.3) is 11.1 Å². The molecule has 0 bridgehead atoms. The van der Waals surface area contributed by atoms with Crippen molar-refractivity contribution in [1.82, 2.24) is 9.80 Å². The number of rotatable bonds is 6. The Bertz CT molecular complexity index is 1590. The molecule has 5 rings (SSSR count). The van der Waals surface area contributed by atoms with Crippen molar-refractivity contribution in [1.29, 1.82) is 0 Å². The molecule has 6 nitrogen and oxygen atoms in total. The second-order valence-electron chi connectivity index (χ2n) is 10.1. The van der Waals surface area contributed by atoms with Gasteiger partial charge < -0.3 is 19.9 Å². The lowest BCUT2D eigenvalue weighted by molar-refractivity contribution is -0.138. The van der Waals surface area contributed by atoms with Crippen molar-refractivity contribution in [3.8, 4) is 16.9 Å². The van der Waals surface area contributed by atoms with Crippen LogP contribution in [0, 0.1) is 0 Å². The number of amides is 3. The van der Waals surface area contributed by atoms with Gasteiger partial charge in [0, 0.05) is 18.7 Å². The minimum atomic E-state index is -4.46. The van der Waals surface area contributed by atoms with Crippen LogP contribution in [0.5, 0.6) is 5.75 Å². The molecule has 0 aromatic heterocycles. The van der Waals surface area contributed by atoms with E-state index in [4.69, 9.17) is 4.74 Å². The lowest BCUT2D eigenvalue weighted by atomic mass is 10.0. The van der Waals surface area contributed by atoms with Crippen LogP contribution in [0.2, 0.25) is 0 Å². The Kier molecular flexibility index (Phi) is 8.80. The van der Waals surface area contributed by atoms with Gasteiger partial charge >= 0.3 is 12.2 Å². The Hall–Kier alpha value is -5.05. The molecular weight excluding hydrogens is 555 g/mol. The van der Waals surface area contributed by atoms with Gasteiger partial charge in [0.1, 0.15) is 12.3 Å². The van der Waals surface area contributed by atoms with Gasteiger partial charge in [-0.1, -0.05) is 84.9 Å². The van der Waals surface area contributed by atoms with E-state index in [9.17, 15) is 22.8 Å². The minimum Gasteiger partial charge on any atom is -0.497 e. The quantitative estimate of drug-likeness (QED) is 0.238. The first-order chi connectivity index (χ1) is 20.7. The summed E-state index contributed by atoms with van der Waals surface area (Å²) in [6.45, 7) is 0.00707. The first-order valence-electron chi connectivity index (χ1n) is 13.7. The SMILES string of the molecule is COc1ccc(C2/C=C\CN(C(=O)Nc3ccccc3-c3ccccc3)CC(=O)N2Cc2ccc(C(F)(F)F)cc2)cc1. The van der Waals surface area contributed by atoms with Gasteiger partial charge in [-0.3, -0.25) is 4.79 Å². The van der Waals surface area contributed by atoms with Gasteiger partial charge in [0.15, 0.2) is 0 Å². The Morgan fingerprint density at radius 3 is 2.26 bits per heavy atom. The molecule has 43 heavy (non-hydrogen) atoms. The lowest BCUT2D eigenvalue weighted by Crippen LogP contribution is -2.46. The molecule has 0 spiro atoms. The molecule has 9 heteroatoms. The summed E-state index contributed by atoms with van der Waals surface area (Å²) in [5.74, 6) is 0.300. The van der Waals surface area contributed by atoms with Crippen LogP contribution in [0.15, 0.2) is 115 Å². The van der Waals surface area contributed by atoms with Crippen LogP contribution in [-0.4, -0.2) is 41.9 Å². The molecule has 4 aromatic rings. The number of alkyl halides is 3. The van der Waals surface area contributed by atoms with Crippen molar-refractivity contribution in [3.05, 3.63) is 132 Å². The summed E-state index contributed by atoms with van der Waals surface area (Å²) in [6, 6.07) is 28.1. The van der Waals surface area contributed by atoms with Crippen LogP contribution in [0.3, 0.4) is 0 Å². The first-order valence-corrected chi connectivity index (χ1v) is 13.7. The number of urea groups is 1. The van der Waals surface area contributed by atoms with Gasteiger partial charge in [-0.2, -0.15) is 13.2 Å². The minimum absolute atomic E-state index is 0.0459. The van der Waals surface area contributed by atoms with Crippen molar-refractivity contribution in [3.63, 3.8) is 0 Å². The number of ether oxygens (including phenoxy) is 1. The van der Waals surface area contributed by atoms with E-state index in [-0.39, 0.29) is 25.5 Å². The summed E-state index contributed by atoms with van der Waals surface area (Å²) in [6.07, 6.45) is -0.804. The number of benzene rings is 4.